The molecule has 0 radical (unpaired) electrons. The number of benzene rings is 3. The number of nitrogens with zero attached hydrogens (tertiary/aromatic N) is 4. The van der Waals surface area contributed by atoms with Crippen molar-refractivity contribution in [3.8, 4) is 11.1 Å². The van der Waals surface area contributed by atoms with Gasteiger partial charge < -0.3 is 14.6 Å². The van der Waals surface area contributed by atoms with Crippen LogP contribution in [0.25, 0.3) is 32.9 Å². The molecule has 1 aliphatic heterocycles. The van der Waals surface area contributed by atoms with Gasteiger partial charge in [0.15, 0.2) is 0 Å². The van der Waals surface area contributed by atoms with E-state index in [9.17, 15) is 13.2 Å². The first-order valence-corrected chi connectivity index (χ1v) is 15.9. The minimum Gasteiger partial charge on any atom is -0.369 e. The number of aryl methyl sites for hydroxylation is 2. The molecule has 4 heterocycles. The second kappa shape index (κ2) is 11.0. The second-order valence-corrected chi connectivity index (χ2v) is 13.0. The summed E-state index contributed by atoms with van der Waals surface area (Å²) in [6, 6.07) is 23.8. The van der Waals surface area contributed by atoms with Crippen LogP contribution in [0.15, 0.2) is 101 Å². The molecule has 222 valence electrons. The fourth-order valence-electron chi connectivity index (χ4n) is 5.88. The molecule has 0 aliphatic carbocycles. The third-order valence-corrected chi connectivity index (χ3v) is 9.93. The van der Waals surface area contributed by atoms with Gasteiger partial charge in [0.1, 0.15) is 11.6 Å². The molecule has 0 saturated carbocycles. The summed E-state index contributed by atoms with van der Waals surface area (Å²) < 4.78 is 36.1. The summed E-state index contributed by atoms with van der Waals surface area (Å²) in [5.74, 6) is 0. The van der Waals surface area contributed by atoms with Gasteiger partial charge in [-0.2, -0.15) is 0 Å². The molecule has 0 spiro atoms. The molecule has 7 rings (SSSR count). The Labute approximate surface area is 258 Å². The van der Waals surface area contributed by atoms with E-state index in [1.807, 2.05) is 55.5 Å². The summed E-state index contributed by atoms with van der Waals surface area (Å²) in [4.78, 5) is 22.7. The predicted octanol–water partition coefficient (Wildman–Crippen LogP) is 5.55. The van der Waals surface area contributed by atoms with E-state index in [1.54, 1.807) is 43.6 Å². The fraction of sp³-hybridized carbons (Fsp3) is 0.182. The van der Waals surface area contributed by atoms with Crippen LogP contribution in [-0.4, -0.2) is 40.1 Å². The van der Waals surface area contributed by atoms with E-state index in [-0.39, 0.29) is 21.7 Å². The van der Waals surface area contributed by atoms with Gasteiger partial charge in [-0.25, -0.2) is 22.4 Å². The highest BCUT2D eigenvalue weighted by molar-refractivity contribution is 7.90. The SMILES string of the molecule is Cc1ccc(S(=O)(=O)n2ccc3c(-c4ccc5nc(Cl)nc(C6OCCNC6c6ccccc6)c5c4)cn(C)c(=O)c32)cc1. The molecule has 0 amide bonds. The molecular formula is C33H28ClN5O4S. The van der Waals surface area contributed by atoms with Crippen molar-refractivity contribution in [3.63, 3.8) is 0 Å². The average Bonchev–Trinajstić information content (AvgIpc) is 3.49. The second-order valence-electron chi connectivity index (χ2n) is 10.9. The number of rotatable bonds is 5. The molecule has 3 aromatic carbocycles. The number of ether oxygens (including phenoxy) is 1. The van der Waals surface area contributed by atoms with Crippen LogP contribution >= 0.6 is 11.6 Å². The first-order chi connectivity index (χ1) is 21.2. The topological polar surface area (TPSA) is 108 Å². The minimum atomic E-state index is -4.03. The summed E-state index contributed by atoms with van der Waals surface area (Å²) in [6.07, 6.45) is 2.72. The highest BCUT2D eigenvalue weighted by Gasteiger charge is 2.32. The summed E-state index contributed by atoms with van der Waals surface area (Å²) in [5.41, 5.74) is 4.38. The maximum Gasteiger partial charge on any atom is 0.275 e. The van der Waals surface area contributed by atoms with E-state index in [2.05, 4.69) is 15.3 Å². The number of aromatic nitrogens is 4. The molecule has 44 heavy (non-hydrogen) atoms. The molecule has 1 fully saturated rings. The molecule has 1 N–H and O–H groups in total. The van der Waals surface area contributed by atoms with Gasteiger partial charge in [0.05, 0.1) is 28.8 Å². The standard InChI is InChI=1S/C33H28ClN5O4S/c1-20-8-11-23(12-9-20)44(41,42)39-16-14-24-26(19-38(2)32(40)30(24)39)22-10-13-27-25(18-22)29(37-33(34)36-27)31-28(35-15-17-43-31)21-6-4-3-5-7-21/h3-14,16,18-19,28,31,35H,15,17H2,1-2H3. The Hall–Kier alpha value is -4.35. The number of pyridine rings is 1. The zero-order valence-corrected chi connectivity index (χ0v) is 25.5. The van der Waals surface area contributed by atoms with Gasteiger partial charge in [-0.1, -0.05) is 54.1 Å². The van der Waals surface area contributed by atoms with Gasteiger partial charge >= 0.3 is 0 Å². The van der Waals surface area contributed by atoms with Gasteiger partial charge in [-0.15, -0.1) is 0 Å². The highest BCUT2D eigenvalue weighted by atomic mass is 35.5. The van der Waals surface area contributed by atoms with E-state index >= 15 is 0 Å². The third-order valence-electron chi connectivity index (χ3n) is 8.07. The molecule has 2 atom stereocenters. The smallest absolute Gasteiger partial charge is 0.275 e. The fourth-order valence-corrected chi connectivity index (χ4v) is 7.41. The Bertz CT molecular complexity index is 2210. The van der Waals surface area contributed by atoms with Crippen LogP contribution in [-0.2, 0) is 21.8 Å². The van der Waals surface area contributed by atoms with Crippen molar-refractivity contribution >= 4 is 43.4 Å². The van der Waals surface area contributed by atoms with Crippen LogP contribution in [0.4, 0.5) is 0 Å². The summed E-state index contributed by atoms with van der Waals surface area (Å²) >= 11 is 6.42. The van der Waals surface area contributed by atoms with E-state index in [0.717, 1.165) is 26.0 Å². The Morgan fingerprint density at radius 3 is 2.52 bits per heavy atom. The van der Waals surface area contributed by atoms with Crippen LogP contribution in [0.1, 0.15) is 29.0 Å². The number of hydrogen-bond donors (Lipinski definition) is 1. The van der Waals surface area contributed by atoms with Crippen molar-refractivity contribution in [1.82, 2.24) is 23.8 Å². The monoisotopic (exact) mass is 625 g/mol. The van der Waals surface area contributed by atoms with Crippen LogP contribution in [0.3, 0.4) is 0 Å². The molecular weight excluding hydrogens is 598 g/mol. The van der Waals surface area contributed by atoms with Gasteiger partial charge in [-0.05, 0) is 60.0 Å². The van der Waals surface area contributed by atoms with Gasteiger partial charge in [-0.3, -0.25) is 4.79 Å². The lowest BCUT2D eigenvalue weighted by Gasteiger charge is -2.33. The number of nitrogens with one attached hydrogen (secondary N) is 1. The number of morpholine rings is 1. The zero-order chi connectivity index (χ0) is 30.6. The largest absolute Gasteiger partial charge is 0.369 e. The lowest BCUT2D eigenvalue weighted by atomic mass is 9.94. The maximum absolute atomic E-state index is 13.7. The molecule has 3 aromatic heterocycles. The molecule has 0 bridgehead atoms. The molecule has 9 nitrogen and oxygen atoms in total. The minimum absolute atomic E-state index is 0.0715. The summed E-state index contributed by atoms with van der Waals surface area (Å²) in [6.45, 7) is 3.08. The Balaban J connectivity index is 1.41. The van der Waals surface area contributed by atoms with Crippen LogP contribution in [0.5, 0.6) is 0 Å². The van der Waals surface area contributed by atoms with Gasteiger partial charge in [0.25, 0.3) is 15.6 Å². The first-order valence-electron chi connectivity index (χ1n) is 14.1. The number of fused-ring (bicyclic) bond motifs is 2. The summed E-state index contributed by atoms with van der Waals surface area (Å²) in [7, 11) is -2.41. The van der Waals surface area contributed by atoms with Crippen molar-refractivity contribution < 1.29 is 13.2 Å². The predicted molar refractivity (Wildman–Crippen MR) is 170 cm³/mol. The lowest BCUT2D eigenvalue weighted by molar-refractivity contribution is -0.00797. The first kappa shape index (κ1) is 28.4. The van der Waals surface area contributed by atoms with E-state index in [1.165, 1.54) is 10.8 Å². The number of hydrogen-bond acceptors (Lipinski definition) is 7. The van der Waals surface area contributed by atoms with Crippen molar-refractivity contribution in [2.75, 3.05) is 13.2 Å². The van der Waals surface area contributed by atoms with Gasteiger partial charge in [0.2, 0.25) is 5.28 Å². The highest BCUT2D eigenvalue weighted by Crippen LogP contribution is 2.39. The molecule has 1 aliphatic rings. The molecule has 1 saturated heterocycles. The van der Waals surface area contributed by atoms with E-state index in [4.69, 9.17) is 16.3 Å². The normalized spacial score (nSPS) is 17.3. The molecule has 6 aromatic rings. The Morgan fingerprint density at radius 2 is 1.75 bits per heavy atom. The van der Waals surface area contributed by atoms with Crippen LogP contribution in [0, 0.1) is 6.92 Å². The van der Waals surface area contributed by atoms with Crippen LogP contribution in [0.2, 0.25) is 5.28 Å². The zero-order valence-electron chi connectivity index (χ0n) is 23.9. The average molecular weight is 626 g/mol. The van der Waals surface area contributed by atoms with Crippen molar-refractivity contribution in [3.05, 3.63) is 124 Å². The van der Waals surface area contributed by atoms with E-state index in [0.29, 0.717) is 35.3 Å². The number of halogens is 1. The molecule has 11 heteroatoms. The quantitative estimate of drug-likeness (QED) is 0.250. The van der Waals surface area contributed by atoms with Gasteiger partial charge in [0, 0.05) is 42.3 Å². The third kappa shape index (κ3) is 4.80. The lowest BCUT2D eigenvalue weighted by Crippen LogP contribution is -2.37. The van der Waals surface area contributed by atoms with E-state index < -0.39 is 21.7 Å². The van der Waals surface area contributed by atoms with Crippen molar-refractivity contribution in [1.29, 1.82) is 0 Å². The molecule has 2 unspecified atom stereocenters. The maximum atomic E-state index is 13.7. The van der Waals surface area contributed by atoms with Crippen molar-refractivity contribution in [2.24, 2.45) is 7.05 Å². The van der Waals surface area contributed by atoms with Crippen LogP contribution < -0.4 is 10.9 Å². The van der Waals surface area contributed by atoms with Crippen molar-refractivity contribution in [2.45, 2.75) is 24.0 Å². The summed E-state index contributed by atoms with van der Waals surface area (Å²) in [5, 5.41) is 4.93. The Morgan fingerprint density at radius 1 is 0.977 bits per heavy atom. The Kier molecular flexibility index (Phi) is 7.09.